The Morgan fingerprint density at radius 3 is 2.19 bits per heavy atom. The van der Waals surface area contributed by atoms with Gasteiger partial charge < -0.3 is 4.74 Å². The topological polar surface area (TPSA) is 226 Å². The largest absolute Gasteiger partial charge is 0.497 e. The van der Waals surface area contributed by atoms with Crippen molar-refractivity contribution in [2.45, 2.75) is 9.79 Å². The van der Waals surface area contributed by atoms with Crippen LogP contribution in [0, 0.1) is 11.3 Å². The van der Waals surface area contributed by atoms with Crippen molar-refractivity contribution in [3.05, 3.63) is 102 Å². The Kier molecular flexibility index (Phi) is 8.16. The van der Waals surface area contributed by atoms with Crippen LogP contribution in [0.3, 0.4) is 0 Å². The number of para-hydroxylation sites is 2. The van der Waals surface area contributed by atoms with E-state index in [1.807, 2.05) is 0 Å². The fourth-order valence-corrected chi connectivity index (χ4v) is 6.03. The van der Waals surface area contributed by atoms with E-state index in [9.17, 15) is 31.4 Å². The van der Waals surface area contributed by atoms with E-state index < -0.39 is 31.0 Å². The molecule has 0 bridgehead atoms. The van der Waals surface area contributed by atoms with Crippen molar-refractivity contribution in [1.29, 1.82) is 5.26 Å². The van der Waals surface area contributed by atoms with Crippen LogP contribution in [0.5, 0.6) is 5.75 Å². The number of ether oxygens (including phenoxy) is 1. The second-order valence-electron chi connectivity index (χ2n) is 10.1. The van der Waals surface area contributed by atoms with Gasteiger partial charge >= 0.3 is 0 Å². The molecule has 0 unspecified atom stereocenters. The van der Waals surface area contributed by atoms with Crippen molar-refractivity contribution in [1.82, 2.24) is 9.55 Å². The number of fused-ring (bicyclic) bond motifs is 3. The van der Waals surface area contributed by atoms with Gasteiger partial charge in [0, 0.05) is 5.57 Å². The summed E-state index contributed by atoms with van der Waals surface area (Å²) < 4.78 is 73.0. The Labute approximate surface area is 272 Å². The summed E-state index contributed by atoms with van der Waals surface area (Å²) in [4.78, 5) is 17.6. The molecular formula is C31H21N7O8S2. The number of anilines is 1. The third kappa shape index (κ3) is 6.06. The molecule has 0 fully saturated rings. The zero-order valence-electron chi connectivity index (χ0n) is 24.5. The van der Waals surface area contributed by atoms with Crippen molar-refractivity contribution in [2.24, 2.45) is 15.3 Å². The zero-order valence-corrected chi connectivity index (χ0v) is 26.1. The van der Waals surface area contributed by atoms with Crippen molar-refractivity contribution in [3.8, 4) is 11.8 Å². The van der Waals surface area contributed by atoms with E-state index in [1.165, 1.54) is 35.9 Å². The van der Waals surface area contributed by atoms with E-state index in [-0.39, 0.29) is 44.6 Å². The van der Waals surface area contributed by atoms with E-state index in [4.69, 9.17) is 9.29 Å². The summed E-state index contributed by atoms with van der Waals surface area (Å²) in [6.07, 6.45) is 0. The minimum absolute atomic E-state index is 0.0199. The summed E-state index contributed by atoms with van der Waals surface area (Å²) in [6.45, 7) is 0. The van der Waals surface area contributed by atoms with Crippen LogP contribution in [0.2, 0.25) is 0 Å². The van der Waals surface area contributed by atoms with Gasteiger partial charge in [-0.15, -0.1) is 0 Å². The molecular weight excluding hydrogens is 663 g/mol. The molecule has 5 aromatic rings. The maximum atomic E-state index is 14.1. The van der Waals surface area contributed by atoms with Crippen LogP contribution in [0.15, 0.2) is 116 Å². The SMILES string of the molecule is COc1ccc(C2=C(C#N)c3nc4ccccc4n3C(=O)/C2=N/Nc2ccc(/N=N/c3ccc(S(=O)(=O)O)cc3)cc2S(=O)(=O)O)cc1. The number of hydrazone groups is 1. The van der Waals surface area contributed by atoms with Gasteiger partial charge in [0.15, 0.2) is 11.5 Å². The lowest BCUT2D eigenvalue weighted by Gasteiger charge is -2.20. The highest BCUT2D eigenvalue weighted by Gasteiger charge is 2.35. The standard InChI is InChI=1S/C31H21N7O8S2/c1-46-21-11-6-18(7-12-21)28-23(17-32)30-33-24-4-2-3-5-26(24)38(30)31(39)29(28)37-36-25-15-10-20(16-27(25)48(43,44)45)35-34-19-8-13-22(14-9-19)47(40,41)42/h2-16,36H,1H3,(H,40,41,42)(H,43,44,45)/b35-34+,37-29+. The molecule has 1 aromatic heterocycles. The molecule has 1 aliphatic rings. The summed E-state index contributed by atoms with van der Waals surface area (Å²) in [7, 11) is -7.82. The zero-order chi connectivity index (χ0) is 34.2. The van der Waals surface area contributed by atoms with Crippen molar-refractivity contribution < 1.29 is 35.5 Å². The summed E-state index contributed by atoms with van der Waals surface area (Å²) in [5, 5.41) is 22.4. The first-order chi connectivity index (χ1) is 22.9. The predicted molar refractivity (Wildman–Crippen MR) is 174 cm³/mol. The molecule has 17 heteroatoms. The summed E-state index contributed by atoms with van der Waals surface area (Å²) in [5.41, 5.74) is 3.70. The van der Waals surface area contributed by atoms with E-state index in [0.29, 0.717) is 22.3 Å². The molecule has 48 heavy (non-hydrogen) atoms. The molecule has 0 aliphatic carbocycles. The lowest BCUT2D eigenvalue weighted by molar-refractivity contribution is 0.0994. The van der Waals surface area contributed by atoms with Gasteiger partial charge in [-0.1, -0.05) is 24.3 Å². The van der Waals surface area contributed by atoms with Gasteiger partial charge in [-0.25, -0.2) is 4.98 Å². The number of aromatic nitrogens is 2. The van der Waals surface area contributed by atoms with Crippen LogP contribution in [-0.2, 0) is 20.2 Å². The van der Waals surface area contributed by atoms with Crippen molar-refractivity contribution in [2.75, 3.05) is 12.5 Å². The first kappa shape index (κ1) is 31.9. The Morgan fingerprint density at radius 1 is 0.875 bits per heavy atom. The molecule has 0 amide bonds. The number of carbonyl (C=O) groups excluding carboxylic acids is 1. The first-order valence-electron chi connectivity index (χ1n) is 13.7. The summed E-state index contributed by atoms with van der Waals surface area (Å²) in [5.74, 6) is -0.0294. The molecule has 0 radical (unpaired) electrons. The highest BCUT2D eigenvalue weighted by Crippen LogP contribution is 2.36. The Bertz CT molecular complexity index is 2480. The molecule has 0 spiro atoms. The van der Waals surface area contributed by atoms with Gasteiger partial charge in [-0.05, 0) is 72.3 Å². The minimum atomic E-state index is -4.89. The number of rotatable bonds is 8. The lowest BCUT2D eigenvalue weighted by atomic mass is 9.92. The fraction of sp³-hybridized carbons (Fsp3) is 0.0323. The second-order valence-corrected chi connectivity index (χ2v) is 12.9. The van der Waals surface area contributed by atoms with E-state index >= 15 is 0 Å². The van der Waals surface area contributed by atoms with Crippen LogP contribution in [-0.4, -0.2) is 54.2 Å². The molecule has 0 atom stereocenters. The van der Waals surface area contributed by atoms with Crippen LogP contribution in [0.4, 0.5) is 17.1 Å². The normalized spacial score (nSPS) is 14.4. The number of hydrogen-bond donors (Lipinski definition) is 3. The molecule has 6 rings (SSSR count). The molecule has 1 aliphatic heterocycles. The quantitative estimate of drug-likeness (QED) is 0.105. The molecule has 4 aromatic carbocycles. The second kappa shape index (κ2) is 12.3. The van der Waals surface area contributed by atoms with Gasteiger partial charge in [0.05, 0.1) is 40.1 Å². The van der Waals surface area contributed by atoms with E-state index in [1.54, 1.807) is 48.5 Å². The highest BCUT2D eigenvalue weighted by molar-refractivity contribution is 7.86. The third-order valence-electron chi connectivity index (χ3n) is 7.11. The number of imidazole rings is 1. The number of allylic oxidation sites excluding steroid dienone is 2. The lowest BCUT2D eigenvalue weighted by Crippen LogP contribution is -2.30. The number of carbonyl (C=O) groups is 1. The number of nitrogens with zero attached hydrogens (tertiary/aromatic N) is 6. The van der Waals surface area contributed by atoms with Gasteiger partial charge in [0.1, 0.15) is 22.3 Å². The minimum Gasteiger partial charge on any atom is -0.497 e. The van der Waals surface area contributed by atoms with Gasteiger partial charge in [0.25, 0.3) is 26.1 Å². The highest BCUT2D eigenvalue weighted by atomic mass is 32.2. The predicted octanol–water partition coefficient (Wildman–Crippen LogP) is 5.51. The molecule has 240 valence electrons. The Morgan fingerprint density at radius 2 is 1.54 bits per heavy atom. The fourth-order valence-electron chi connectivity index (χ4n) is 4.89. The van der Waals surface area contributed by atoms with Crippen molar-refractivity contribution in [3.63, 3.8) is 0 Å². The van der Waals surface area contributed by atoms with Gasteiger partial charge in [-0.2, -0.15) is 37.4 Å². The van der Waals surface area contributed by atoms with Crippen molar-refractivity contribution >= 4 is 71.1 Å². The summed E-state index contributed by atoms with van der Waals surface area (Å²) in [6, 6.07) is 23.8. The van der Waals surface area contributed by atoms with Gasteiger partial charge in [0.2, 0.25) is 0 Å². The molecule has 15 nitrogen and oxygen atoms in total. The number of hydrogen-bond acceptors (Lipinski definition) is 12. The van der Waals surface area contributed by atoms with Crippen LogP contribution >= 0.6 is 0 Å². The smallest absolute Gasteiger partial charge is 0.296 e. The Hall–Kier alpha value is -6.06. The van der Waals surface area contributed by atoms with Crippen LogP contribution < -0.4 is 10.2 Å². The number of nitrogens with one attached hydrogen (secondary N) is 1. The molecule has 0 saturated carbocycles. The number of azo groups is 1. The number of methoxy groups -OCH3 is 1. The number of nitriles is 1. The molecule has 3 N–H and O–H groups in total. The molecule has 0 saturated heterocycles. The molecule has 2 heterocycles. The monoisotopic (exact) mass is 683 g/mol. The van der Waals surface area contributed by atoms with Crippen LogP contribution in [0.1, 0.15) is 16.2 Å². The first-order valence-corrected chi connectivity index (χ1v) is 16.5. The van der Waals surface area contributed by atoms with E-state index in [0.717, 1.165) is 18.2 Å². The van der Waals surface area contributed by atoms with Gasteiger partial charge in [-0.3, -0.25) is 23.9 Å². The van der Waals surface area contributed by atoms with E-state index in [2.05, 4.69) is 31.8 Å². The number of benzene rings is 4. The average Bonchev–Trinajstić information content (AvgIpc) is 3.46. The van der Waals surface area contributed by atoms with Crippen LogP contribution in [0.25, 0.3) is 22.2 Å². The maximum Gasteiger partial charge on any atom is 0.296 e. The third-order valence-corrected chi connectivity index (χ3v) is 8.88. The average molecular weight is 684 g/mol. The summed E-state index contributed by atoms with van der Waals surface area (Å²) >= 11 is 0. The Balaban J connectivity index is 1.43. The maximum absolute atomic E-state index is 14.1.